The number of hydrogen-bond acceptors (Lipinski definition) is 8. The van der Waals surface area contributed by atoms with Crippen LogP contribution in [0.2, 0.25) is 0 Å². The molecule has 1 aliphatic heterocycles. The second-order valence-corrected chi connectivity index (χ2v) is 7.06. The molecule has 0 spiro atoms. The van der Waals surface area contributed by atoms with E-state index in [0.717, 1.165) is 11.1 Å². The van der Waals surface area contributed by atoms with Gasteiger partial charge in [-0.05, 0) is 36.4 Å². The van der Waals surface area contributed by atoms with E-state index in [2.05, 4.69) is 20.5 Å². The molecule has 1 saturated heterocycles. The number of morpholine rings is 1. The van der Waals surface area contributed by atoms with Crippen molar-refractivity contribution < 1.29 is 18.5 Å². The van der Waals surface area contributed by atoms with Crippen LogP contribution in [0.3, 0.4) is 0 Å². The SMILES string of the molecule is O=C(CCn1nnc2cc(-c3noc(/C=C/c4ccco4)n3)ccc21)N1CCOCC1. The number of nitrogens with zero attached hydrogens (tertiary/aromatic N) is 6. The number of ether oxygens (including phenoxy) is 1. The second kappa shape index (κ2) is 8.52. The van der Waals surface area contributed by atoms with Crippen LogP contribution >= 0.6 is 0 Å². The van der Waals surface area contributed by atoms with Crippen LogP contribution in [0.25, 0.3) is 34.6 Å². The maximum absolute atomic E-state index is 12.4. The maximum atomic E-state index is 12.4. The summed E-state index contributed by atoms with van der Waals surface area (Å²) < 4.78 is 17.6. The van der Waals surface area contributed by atoms with Gasteiger partial charge in [0.05, 0.1) is 31.5 Å². The lowest BCUT2D eigenvalue weighted by atomic mass is 10.2. The number of hydrogen-bond donors (Lipinski definition) is 0. The lowest BCUT2D eigenvalue weighted by molar-refractivity contribution is -0.135. The molecule has 0 bridgehead atoms. The molecule has 0 radical (unpaired) electrons. The number of carbonyl (C=O) groups is 1. The predicted molar refractivity (Wildman–Crippen MR) is 110 cm³/mol. The van der Waals surface area contributed by atoms with E-state index >= 15 is 0 Å². The standard InChI is InChI=1S/C21H20N6O4/c28-20(26-9-12-29-13-10-26)7-8-27-18-5-3-15(14-17(18)23-25-27)21-22-19(31-24-21)6-4-16-2-1-11-30-16/h1-6,11,14H,7-10,12-13H2/b6-4+. The van der Waals surface area contributed by atoms with E-state index in [1.54, 1.807) is 29.2 Å². The Morgan fingerprint density at radius 2 is 2.06 bits per heavy atom. The largest absolute Gasteiger partial charge is 0.465 e. The zero-order valence-electron chi connectivity index (χ0n) is 16.7. The van der Waals surface area contributed by atoms with E-state index in [1.807, 2.05) is 29.2 Å². The Labute approximate surface area is 177 Å². The van der Waals surface area contributed by atoms with Gasteiger partial charge in [-0.15, -0.1) is 5.10 Å². The molecule has 4 heterocycles. The molecule has 0 aliphatic carbocycles. The summed E-state index contributed by atoms with van der Waals surface area (Å²) in [5.74, 6) is 1.63. The van der Waals surface area contributed by atoms with Crippen molar-refractivity contribution in [3.8, 4) is 11.4 Å². The van der Waals surface area contributed by atoms with Crippen LogP contribution in [-0.2, 0) is 16.1 Å². The van der Waals surface area contributed by atoms with Gasteiger partial charge >= 0.3 is 0 Å². The predicted octanol–water partition coefficient (Wildman–Crippen LogP) is 2.49. The molecule has 1 amide bonds. The lowest BCUT2D eigenvalue weighted by Gasteiger charge is -2.26. The number of furan rings is 1. The third-order valence-electron chi connectivity index (χ3n) is 5.05. The van der Waals surface area contributed by atoms with E-state index in [4.69, 9.17) is 13.7 Å². The molecule has 10 heteroatoms. The highest BCUT2D eigenvalue weighted by Crippen LogP contribution is 2.22. The number of carbonyl (C=O) groups excluding carboxylic acids is 1. The number of benzene rings is 1. The first kappa shape index (κ1) is 19.2. The molecule has 0 saturated carbocycles. The number of amides is 1. The number of aryl methyl sites for hydroxylation is 1. The van der Waals surface area contributed by atoms with Gasteiger partial charge in [0, 0.05) is 31.1 Å². The zero-order valence-corrected chi connectivity index (χ0v) is 16.7. The molecule has 1 fully saturated rings. The van der Waals surface area contributed by atoms with Gasteiger partial charge in [0.25, 0.3) is 5.89 Å². The van der Waals surface area contributed by atoms with Gasteiger partial charge < -0.3 is 18.6 Å². The van der Waals surface area contributed by atoms with Gasteiger partial charge in [0.1, 0.15) is 11.3 Å². The summed E-state index contributed by atoms with van der Waals surface area (Å²) in [5, 5.41) is 12.5. The first-order valence-electron chi connectivity index (χ1n) is 10.0. The van der Waals surface area contributed by atoms with Gasteiger partial charge in [-0.2, -0.15) is 4.98 Å². The summed E-state index contributed by atoms with van der Waals surface area (Å²) in [6.07, 6.45) is 5.41. The maximum Gasteiger partial charge on any atom is 0.251 e. The fourth-order valence-corrected chi connectivity index (χ4v) is 3.41. The molecule has 0 atom stereocenters. The molecule has 158 valence electrons. The van der Waals surface area contributed by atoms with Crippen molar-refractivity contribution in [2.24, 2.45) is 0 Å². The monoisotopic (exact) mass is 420 g/mol. The van der Waals surface area contributed by atoms with Crippen LogP contribution < -0.4 is 0 Å². The average Bonchev–Trinajstić information content (AvgIpc) is 3.57. The summed E-state index contributed by atoms with van der Waals surface area (Å²) in [5.41, 5.74) is 2.32. The van der Waals surface area contributed by atoms with Crippen molar-refractivity contribution in [3.63, 3.8) is 0 Å². The summed E-state index contributed by atoms with van der Waals surface area (Å²) in [6, 6.07) is 9.28. The van der Waals surface area contributed by atoms with Crippen molar-refractivity contribution in [1.82, 2.24) is 30.0 Å². The Morgan fingerprint density at radius 3 is 2.90 bits per heavy atom. The smallest absolute Gasteiger partial charge is 0.251 e. The molecule has 31 heavy (non-hydrogen) atoms. The number of aromatic nitrogens is 5. The molecule has 1 aromatic carbocycles. The van der Waals surface area contributed by atoms with Crippen molar-refractivity contribution in [2.75, 3.05) is 26.3 Å². The fraction of sp³-hybridized carbons (Fsp3) is 0.286. The van der Waals surface area contributed by atoms with Gasteiger partial charge in [-0.1, -0.05) is 10.4 Å². The Bertz CT molecular complexity index is 1200. The summed E-state index contributed by atoms with van der Waals surface area (Å²) >= 11 is 0. The normalized spacial score (nSPS) is 14.6. The van der Waals surface area contributed by atoms with E-state index < -0.39 is 0 Å². The third kappa shape index (κ3) is 4.24. The quantitative estimate of drug-likeness (QED) is 0.468. The van der Waals surface area contributed by atoms with E-state index in [9.17, 15) is 4.79 Å². The minimum absolute atomic E-state index is 0.102. The molecule has 0 unspecified atom stereocenters. The summed E-state index contributed by atoms with van der Waals surface area (Å²) in [7, 11) is 0. The van der Waals surface area contributed by atoms with Crippen LogP contribution in [-0.4, -0.2) is 62.2 Å². The molecular weight excluding hydrogens is 400 g/mol. The fourth-order valence-electron chi connectivity index (χ4n) is 3.41. The summed E-state index contributed by atoms with van der Waals surface area (Å²) in [4.78, 5) is 18.6. The summed E-state index contributed by atoms with van der Waals surface area (Å²) in [6.45, 7) is 2.94. The first-order chi connectivity index (χ1) is 15.3. The van der Waals surface area contributed by atoms with Gasteiger partial charge in [-0.3, -0.25) is 4.79 Å². The van der Waals surface area contributed by atoms with E-state index in [0.29, 0.717) is 62.3 Å². The van der Waals surface area contributed by atoms with E-state index in [-0.39, 0.29) is 5.91 Å². The lowest BCUT2D eigenvalue weighted by Crippen LogP contribution is -2.41. The topological polar surface area (TPSA) is 112 Å². The number of rotatable bonds is 6. The average molecular weight is 420 g/mol. The molecule has 3 aromatic heterocycles. The molecule has 4 aromatic rings. The highest BCUT2D eigenvalue weighted by atomic mass is 16.5. The highest BCUT2D eigenvalue weighted by Gasteiger charge is 2.17. The molecule has 1 aliphatic rings. The van der Waals surface area contributed by atoms with Crippen molar-refractivity contribution >= 4 is 29.1 Å². The minimum atomic E-state index is 0.102. The first-order valence-corrected chi connectivity index (χ1v) is 10.0. The van der Waals surface area contributed by atoms with Gasteiger partial charge in [-0.25, -0.2) is 4.68 Å². The van der Waals surface area contributed by atoms with Crippen molar-refractivity contribution in [3.05, 3.63) is 48.2 Å². The van der Waals surface area contributed by atoms with Crippen LogP contribution in [0.4, 0.5) is 0 Å². The molecule has 10 nitrogen and oxygen atoms in total. The van der Waals surface area contributed by atoms with Crippen LogP contribution in [0, 0.1) is 0 Å². The van der Waals surface area contributed by atoms with Gasteiger partial charge in [0.2, 0.25) is 11.7 Å². The highest BCUT2D eigenvalue weighted by molar-refractivity contribution is 5.80. The van der Waals surface area contributed by atoms with Crippen molar-refractivity contribution in [2.45, 2.75) is 13.0 Å². The van der Waals surface area contributed by atoms with Gasteiger partial charge in [0.15, 0.2) is 0 Å². The second-order valence-electron chi connectivity index (χ2n) is 7.06. The Kier molecular flexibility index (Phi) is 5.28. The molecule has 0 N–H and O–H groups in total. The Hall–Kier alpha value is -3.79. The van der Waals surface area contributed by atoms with Crippen LogP contribution in [0.5, 0.6) is 0 Å². The Morgan fingerprint density at radius 1 is 1.16 bits per heavy atom. The van der Waals surface area contributed by atoms with E-state index in [1.165, 1.54) is 0 Å². The third-order valence-corrected chi connectivity index (χ3v) is 5.05. The Balaban J connectivity index is 1.27. The zero-order chi connectivity index (χ0) is 21.0. The van der Waals surface area contributed by atoms with Crippen molar-refractivity contribution in [1.29, 1.82) is 0 Å². The number of fused-ring (bicyclic) bond motifs is 1. The van der Waals surface area contributed by atoms with Crippen LogP contribution in [0.15, 0.2) is 45.5 Å². The molecule has 5 rings (SSSR count). The molecular formula is C21H20N6O4. The van der Waals surface area contributed by atoms with Crippen LogP contribution in [0.1, 0.15) is 18.1 Å². The minimum Gasteiger partial charge on any atom is -0.465 e.